The Morgan fingerprint density at radius 2 is 1.96 bits per heavy atom. The van der Waals surface area contributed by atoms with E-state index in [1.165, 1.54) is 24.8 Å². The Morgan fingerprint density at radius 1 is 1.20 bits per heavy atom. The summed E-state index contributed by atoms with van der Waals surface area (Å²) in [6, 6.07) is 8.82. The summed E-state index contributed by atoms with van der Waals surface area (Å²) in [5.41, 5.74) is 3.15. The van der Waals surface area contributed by atoms with Crippen LogP contribution in [0.2, 0.25) is 0 Å². The fourth-order valence-electron chi connectivity index (χ4n) is 3.11. The number of methoxy groups -OCH3 is 1. The van der Waals surface area contributed by atoms with Gasteiger partial charge < -0.3 is 14.5 Å². The van der Waals surface area contributed by atoms with Crippen molar-refractivity contribution in [1.29, 1.82) is 0 Å². The van der Waals surface area contributed by atoms with Gasteiger partial charge in [-0.25, -0.2) is 4.79 Å². The van der Waals surface area contributed by atoms with Crippen LogP contribution in [0.4, 0.5) is 5.69 Å². The van der Waals surface area contributed by atoms with Crippen LogP contribution in [0.5, 0.6) is 0 Å². The first-order valence-electron chi connectivity index (χ1n) is 8.30. The molecule has 1 aliphatic rings. The number of hydrogen-bond donors (Lipinski definition) is 1. The number of ether oxygens (including phenoxy) is 1. The monoisotopic (exact) mass is 342 g/mol. The van der Waals surface area contributed by atoms with Crippen LogP contribution >= 0.6 is 0 Å². The second-order valence-corrected chi connectivity index (χ2v) is 6.62. The second-order valence-electron chi connectivity index (χ2n) is 6.62. The second kappa shape index (κ2) is 7.11. The number of nitrogens with zero attached hydrogens (tertiary/aromatic N) is 1. The van der Waals surface area contributed by atoms with Crippen LogP contribution in [0.25, 0.3) is 0 Å². The smallest absolute Gasteiger partial charge is 0.373 e. The van der Waals surface area contributed by atoms with E-state index in [9.17, 15) is 9.59 Å². The standard InChI is InChI=1S/C19H22N2O4/c1-12(2)9-21-10-13-5-4-6-15(14(13)11-21)20-18(22)16-7-8-17(25-16)19(23)24-3/h4-8,12H,9-11H2,1-3H3,(H,20,22). The molecule has 0 saturated heterocycles. The average Bonchev–Trinajstić information content (AvgIpc) is 3.20. The quantitative estimate of drug-likeness (QED) is 0.844. The summed E-state index contributed by atoms with van der Waals surface area (Å²) in [5.74, 6) is -0.314. The van der Waals surface area contributed by atoms with Gasteiger partial charge in [-0.05, 0) is 35.2 Å². The van der Waals surface area contributed by atoms with Gasteiger partial charge in [0, 0.05) is 25.3 Å². The van der Waals surface area contributed by atoms with Crippen molar-refractivity contribution in [3.05, 3.63) is 53.0 Å². The molecule has 3 rings (SSSR count). The van der Waals surface area contributed by atoms with E-state index in [0.29, 0.717) is 5.92 Å². The molecule has 0 unspecified atom stereocenters. The van der Waals surface area contributed by atoms with Crippen LogP contribution in [0.1, 0.15) is 46.1 Å². The summed E-state index contributed by atoms with van der Waals surface area (Å²) in [4.78, 5) is 26.2. The van der Waals surface area contributed by atoms with Crippen molar-refractivity contribution in [1.82, 2.24) is 4.90 Å². The minimum absolute atomic E-state index is 0.00838. The van der Waals surface area contributed by atoms with Crippen molar-refractivity contribution in [2.45, 2.75) is 26.9 Å². The third kappa shape index (κ3) is 3.74. The molecule has 2 heterocycles. The van der Waals surface area contributed by atoms with Crippen LogP contribution in [0.15, 0.2) is 34.7 Å². The van der Waals surface area contributed by atoms with Crippen LogP contribution in [0.3, 0.4) is 0 Å². The molecule has 6 nitrogen and oxygen atoms in total. The molecular weight excluding hydrogens is 320 g/mol. The van der Waals surface area contributed by atoms with E-state index in [4.69, 9.17) is 4.42 Å². The normalized spacial score (nSPS) is 13.8. The zero-order valence-corrected chi connectivity index (χ0v) is 14.7. The molecule has 1 aliphatic heterocycles. The highest BCUT2D eigenvalue weighted by molar-refractivity contribution is 6.03. The molecule has 0 aliphatic carbocycles. The largest absolute Gasteiger partial charge is 0.463 e. The predicted molar refractivity (Wildman–Crippen MR) is 93.4 cm³/mol. The number of fused-ring (bicyclic) bond motifs is 1. The Kier molecular flexibility index (Phi) is 4.90. The van der Waals surface area contributed by atoms with Crippen molar-refractivity contribution in [3.8, 4) is 0 Å². The molecule has 0 fully saturated rings. The lowest BCUT2D eigenvalue weighted by atomic mass is 10.1. The first-order chi connectivity index (χ1) is 12.0. The Labute approximate surface area is 146 Å². The number of furan rings is 1. The molecule has 0 spiro atoms. The molecule has 25 heavy (non-hydrogen) atoms. The average molecular weight is 342 g/mol. The van der Waals surface area contributed by atoms with Crippen molar-refractivity contribution in [3.63, 3.8) is 0 Å². The zero-order chi connectivity index (χ0) is 18.0. The van der Waals surface area contributed by atoms with E-state index in [1.807, 2.05) is 12.1 Å². The van der Waals surface area contributed by atoms with Crippen molar-refractivity contribution in [2.75, 3.05) is 19.0 Å². The Bertz CT molecular complexity index is 794. The molecule has 132 valence electrons. The van der Waals surface area contributed by atoms with Crippen LogP contribution in [-0.4, -0.2) is 30.4 Å². The van der Waals surface area contributed by atoms with Gasteiger partial charge in [-0.3, -0.25) is 9.69 Å². The van der Waals surface area contributed by atoms with E-state index < -0.39 is 5.97 Å². The van der Waals surface area contributed by atoms with E-state index in [-0.39, 0.29) is 17.4 Å². The van der Waals surface area contributed by atoms with Crippen molar-refractivity contribution < 1.29 is 18.7 Å². The van der Waals surface area contributed by atoms with Crippen molar-refractivity contribution in [2.24, 2.45) is 5.92 Å². The summed E-state index contributed by atoms with van der Waals surface area (Å²) >= 11 is 0. The van der Waals surface area contributed by atoms with Gasteiger partial charge in [-0.1, -0.05) is 26.0 Å². The van der Waals surface area contributed by atoms with Gasteiger partial charge in [0.2, 0.25) is 5.76 Å². The summed E-state index contributed by atoms with van der Waals surface area (Å²) in [6.45, 7) is 7.12. The van der Waals surface area contributed by atoms with Gasteiger partial charge in [-0.2, -0.15) is 0 Å². The van der Waals surface area contributed by atoms with Gasteiger partial charge in [0.15, 0.2) is 5.76 Å². The summed E-state index contributed by atoms with van der Waals surface area (Å²) < 4.78 is 9.85. The molecule has 0 atom stereocenters. The molecule has 0 radical (unpaired) electrons. The predicted octanol–water partition coefficient (Wildman–Crippen LogP) is 3.29. The lowest BCUT2D eigenvalue weighted by molar-refractivity contribution is 0.0563. The molecule has 0 saturated carbocycles. The third-order valence-corrected chi connectivity index (χ3v) is 4.14. The lowest BCUT2D eigenvalue weighted by Crippen LogP contribution is -2.21. The SMILES string of the molecule is COC(=O)c1ccc(C(=O)Nc2cccc3c2CN(CC(C)C)C3)o1. The Hall–Kier alpha value is -2.60. The maximum atomic E-state index is 12.4. The van der Waals surface area contributed by atoms with Gasteiger partial charge in [0.05, 0.1) is 7.11 Å². The number of hydrogen-bond acceptors (Lipinski definition) is 5. The highest BCUT2D eigenvalue weighted by atomic mass is 16.5. The zero-order valence-electron chi connectivity index (χ0n) is 14.7. The van der Waals surface area contributed by atoms with E-state index in [1.54, 1.807) is 0 Å². The molecule has 1 amide bonds. The summed E-state index contributed by atoms with van der Waals surface area (Å²) in [7, 11) is 1.26. The number of rotatable bonds is 5. The van der Waals surface area contributed by atoms with Gasteiger partial charge in [0.1, 0.15) is 0 Å². The number of benzene rings is 1. The minimum atomic E-state index is -0.607. The number of anilines is 1. The van der Waals surface area contributed by atoms with Crippen LogP contribution in [-0.2, 0) is 17.8 Å². The molecule has 6 heteroatoms. The molecule has 1 aromatic heterocycles. The number of nitrogens with one attached hydrogen (secondary N) is 1. The highest BCUT2D eigenvalue weighted by Gasteiger charge is 2.23. The van der Waals surface area contributed by atoms with Crippen LogP contribution < -0.4 is 5.32 Å². The van der Waals surface area contributed by atoms with E-state index in [0.717, 1.165) is 30.9 Å². The fraction of sp³-hybridized carbons (Fsp3) is 0.368. The molecule has 0 bridgehead atoms. The van der Waals surface area contributed by atoms with Gasteiger partial charge in [-0.15, -0.1) is 0 Å². The van der Waals surface area contributed by atoms with Gasteiger partial charge >= 0.3 is 5.97 Å². The molecular formula is C19H22N2O4. The minimum Gasteiger partial charge on any atom is -0.463 e. The summed E-state index contributed by atoms with van der Waals surface area (Å²) in [5, 5.41) is 2.89. The first kappa shape index (κ1) is 17.2. The Balaban J connectivity index is 1.74. The maximum Gasteiger partial charge on any atom is 0.373 e. The number of carbonyl (C=O) groups excluding carboxylic acids is 2. The fourth-order valence-corrected chi connectivity index (χ4v) is 3.11. The number of amides is 1. The molecule has 2 aromatic rings. The number of carbonyl (C=O) groups is 2. The topological polar surface area (TPSA) is 71.8 Å². The summed E-state index contributed by atoms with van der Waals surface area (Å²) in [6.07, 6.45) is 0. The third-order valence-electron chi connectivity index (χ3n) is 4.14. The van der Waals surface area contributed by atoms with Gasteiger partial charge in [0.25, 0.3) is 5.91 Å². The highest BCUT2D eigenvalue weighted by Crippen LogP contribution is 2.30. The molecule has 1 aromatic carbocycles. The first-order valence-corrected chi connectivity index (χ1v) is 8.30. The molecule has 1 N–H and O–H groups in total. The van der Waals surface area contributed by atoms with Crippen LogP contribution in [0, 0.1) is 5.92 Å². The number of esters is 1. The Morgan fingerprint density at radius 3 is 2.68 bits per heavy atom. The van der Waals surface area contributed by atoms with E-state index in [2.05, 4.69) is 34.9 Å². The van der Waals surface area contributed by atoms with E-state index >= 15 is 0 Å². The van der Waals surface area contributed by atoms with Crippen molar-refractivity contribution >= 4 is 17.6 Å². The maximum absolute atomic E-state index is 12.4. The lowest BCUT2D eigenvalue weighted by Gasteiger charge is -2.17.